The van der Waals surface area contributed by atoms with E-state index in [1.807, 2.05) is 12.1 Å². The topological polar surface area (TPSA) is 65.4 Å². The number of hydrogen-bond donors (Lipinski definition) is 1. The summed E-state index contributed by atoms with van der Waals surface area (Å²) in [6, 6.07) is 14.2. The van der Waals surface area contributed by atoms with Gasteiger partial charge in [0.25, 0.3) is 0 Å². The van der Waals surface area contributed by atoms with Crippen LogP contribution in [0.2, 0.25) is 0 Å². The van der Waals surface area contributed by atoms with Gasteiger partial charge in [0.05, 0.1) is 30.2 Å². The molecule has 2 aromatic carbocycles. The van der Waals surface area contributed by atoms with Crippen molar-refractivity contribution in [3.63, 3.8) is 0 Å². The van der Waals surface area contributed by atoms with Gasteiger partial charge in [-0.25, -0.2) is 4.39 Å². The molecule has 0 radical (unpaired) electrons. The van der Waals surface area contributed by atoms with E-state index in [1.54, 1.807) is 12.1 Å². The van der Waals surface area contributed by atoms with E-state index in [2.05, 4.69) is 35.5 Å². The molecule has 2 bridgehead atoms. The molecule has 3 aliphatic heterocycles. The number of carbonyl (C=O) groups is 1. The number of carbonyl (C=O) groups excluding carboxylic acids is 1. The third kappa shape index (κ3) is 4.28. The summed E-state index contributed by atoms with van der Waals surface area (Å²) in [6.45, 7) is 2.65. The van der Waals surface area contributed by atoms with Gasteiger partial charge in [0.15, 0.2) is 5.78 Å². The number of nitriles is 1. The van der Waals surface area contributed by atoms with E-state index in [9.17, 15) is 10.1 Å². The number of nitrogens with one attached hydrogen (secondary N) is 1. The van der Waals surface area contributed by atoms with Crippen molar-refractivity contribution < 1.29 is 13.9 Å². The third-order valence-electron chi connectivity index (χ3n) is 9.09. The molecule has 3 fully saturated rings. The maximum absolute atomic E-state index is 15.2. The first kappa shape index (κ1) is 23.8. The van der Waals surface area contributed by atoms with Crippen molar-refractivity contribution in [1.29, 1.82) is 5.26 Å². The molecule has 1 N–H and O–H groups in total. The van der Waals surface area contributed by atoms with Crippen LogP contribution in [0.15, 0.2) is 36.4 Å². The van der Waals surface area contributed by atoms with Gasteiger partial charge >= 0.3 is 0 Å². The van der Waals surface area contributed by atoms with Crippen LogP contribution in [0.3, 0.4) is 0 Å². The average Bonchev–Trinajstić information content (AvgIpc) is 3.62. The fourth-order valence-electron chi connectivity index (χ4n) is 6.90. The molecule has 1 unspecified atom stereocenters. The van der Waals surface area contributed by atoms with Gasteiger partial charge in [-0.3, -0.25) is 4.79 Å². The molecule has 5 nitrogen and oxygen atoms in total. The van der Waals surface area contributed by atoms with Crippen molar-refractivity contribution in [2.24, 2.45) is 11.8 Å². The Bertz CT molecular complexity index is 1210. The van der Waals surface area contributed by atoms with E-state index in [0.717, 1.165) is 56.3 Å². The number of ketones is 1. The molecular formula is C30H34FN3O2. The normalized spacial score (nSPS) is 27.2. The maximum Gasteiger partial charge on any atom is 0.151 e. The monoisotopic (exact) mass is 487 g/mol. The number of Topliss-reactive ketones (excluding diaryl/α,β-unsaturated/α-hetero) is 1. The zero-order chi connectivity index (χ0) is 24.9. The van der Waals surface area contributed by atoms with Crippen LogP contribution in [0.1, 0.15) is 55.2 Å². The number of hydrogen-bond acceptors (Lipinski definition) is 5. The van der Waals surface area contributed by atoms with Crippen molar-refractivity contribution in [2.45, 2.75) is 69.2 Å². The van der Waals surface area contributed by atoms with Gasteiger partial charge in [0.1, 0.15) is 5.82 Å². The standard InChI is InChI=1S/C30H34FN3O2/c1-34-10-8-30(9-11-34)26-15-20(3-5-24(26)18-36-30)21-2-4-22(27(31)16-21)12-19(17-32)13-28(35)29-23-6-7-25(14-23)33-29/h2-5,15-16,19,23,25,29,33H,6-14,18H2,1H3/t19-,23+,25-,29?/m1/s1. The zero-order valence-electron chi connectivity index (χ0n) is 20.9. The van der Waals surface area contributed by atoms with Crippen molar-refractivity contribution in [3.8, 4) is 17.2 Å². The van der Waals surface area contributed by atoms with E-state index < -0.39 is 5.92 Å². The molecule has 3 heterocycles. The molecule has 6 heteroatoms. The summed E-state index contributed by atoms with van der Waals surface area (Å²) in [5.41, 5.74) is 4.55. The Morgan fingerprint density at radius 2 is 2.00 bits per heavy atom. The minimum Gasteiger partial charge on any atom is -0.365 e. The van der Waals surface area contributed by atoms with Crippen molar-refractivity contribution in [1.82, 2.24) is 10.2 Å². The van der Waals surface area contributed by atoms with Crippen LogP contribution < -0.4 is 5.32 Å². The number of ether oxygens (including phenoxy) is 1. The molecule has 1 spiro atoms. The van der Waals surface area contributed by atoms with Crippen LogP contribution in [-0.4, -0.2) is 42.9 Å². The second kappa shape index (κ2) is 9.37. The average molecular weight is 488 g/mol. The molecule has 36 heavy (non-hydrogen) atoms. The predicted molar refractivity (Wildman–Crippen MR) is 136 cm³/mol. The highest BCUT2D eigenvalue weighted by atomic mass is 19.1. The quantitative estimate of drug-likeness (QED) is 0.639. The van der Waals surface area contributed by atoms with E-state index in [1.165, 1.54) is 11.1 Å². The molecule has 1 saturated carbocycles. The van der Waals surface area contributed by atoms with E-state index in [-0.39, 0.29) is 36.1 Å². The lowest BCUT2D eigenvalue weighted by Crippen LogP contribution is -2.42. The molecule has 1 aliphatic carbocycles. The summed E-state index contributed by atoms with van der Waals surface area (Å²) >= 11 is 0. The van der Waals surface area contributed by atoms with Gasteiger partial charge < -0.3 is 15.0 Å². The lowest BCUT2D eigenvalue weighted by Gasteiger charge is -2.37. The summed E-state index contributed by atoms with van der Waals surface area (Å²) in [5.74, 6) is -0.317. The molecule has 4 atom stereocenters. The van der Waals surface area contributed by atoms with Gasteiger partial charge in [-0.05, 0) is 91.4 Å². The first-order chi connectivity index (χ1) is 17.4. The molecule has 188 valence electrons. The van der Waals surface area contributed by atoms with Crippen LogP contribution in [0.25, 0.3) is 11.1 Å². The number of halogens is 1. The van der Waals surface area contributed by atoms with Gasteiger partial charge in [0.2, 0.25) is 0 Å². The molecule has 2 aromatic rings. The molecule has 0 amide bonds. The van der Waals surface area contributed by atoms with Crippen LogP contribution in [-0.2, 0) is 28.2 Å². The van der Waals surface area contributed by atoms with Crippen LogP contribution >= 0.6 is 0 Å². The molecular weight excluding hydrogens is 453 g/mol. The second-order valence-corrected chi connectivity index (χ2v) is 11.4. The number of rotatable bonds is 6. The summed E-state index contributed by atoms with van der Waals surface area (Å²) in [6.07, 6.45) is 5.68. The highest BCUT2D eigenvalue weighted by Crippen LogP contribution is 2.45. The highest BCUT2D eigenvalue weighted by molar-refractivity contribution is 5.85. The Labute approximate surface area is 212 Å². The number of likely N-dealkylation sites (tertiary alicyclic amines) is 1. The first-order valence-electron chi connectivity index (χ1n) is 13.4. The van der Waals surface area contributed by atoms with E-state index in [4.69, 9.17) is 4.74 Å². The fourth-order valence-corrected chi connectivity index (χ4v) is 6.90. The van der Waals surface area contributed by atoms with E-state index >= 15 is 4.39 Å². The Morgan fingerprint density at radius 3 is 2.69 bits per heavy atom. The number of benzene rings is 2. The lowest BCUT2D eigenvalue weighted by atomic mass is 9.82. The molecule has 0 aromatic heterocycles. The van der Waals surface area contributed by atoms with E-state index in [0.29, 0.717) is 24.1 Å². The minimum absolute atomic E-state index is 0.106. The fraction of sp³-hybridized carbons (Fsp3) is 0.533. The second-order valence-electron chi connectivity index (χ2n) is 11.4. The molecule has 4 aliphatic rings. The van der Waals surface area contributed by atoms with Crippen molar-refractivity contribution in [2.75, 3.05) is 20.1 Å². The van der Waals surface area contributed by atoms with Gasteiger partial charge in [-0.2, -0.15) is 5.26 Å². The smallest absolute Gasteiger partial charge is 0.151 e. The van der Waals surface area contributed by atoms with Gasteiger partial charge in [0, 0.05) is 25.6 Å². The lowest BCUT2D eigenvalue weighted by molar-refractivity contribution is -0.122. The number of nitrogens with zero attached hydrogens (tertiary/aromatic N) is 2. The molecule has 2 saturated heterocycles. The maximum atomic E-state index is 15.2. The number of fused-ring (bicyclic) bond motifs is 4. The Balaban J connectivity index is 1.17. The first-order valence-corrected chi connectivity index (χ1v) is 13.4. The third-order valence-corrected chi connectivity index (χ3v) is 9.09. The van der Waals surface area contributed by atoms with Crippen molar-refractivity contribution in [3.05, 3.63) is 58.9 Å². The summed E-state index contributed by atoms with van der Waals surface area (Å²) < 4.78 is 21.5. The Morgan fingerprint density at radius 1 is 1.22 bits per heavy atom. The number of piperidine rings is 2. The SMILES string of the molecule is CN1CCC2(CC1)OCc1ccc(-c3ccc(C[C@@H](C#N)CC(=O)C4N[C@@H]5CC[C@H]4C5)c(F)c3)cc12. The highest BCUT2D eigenvalue weighted by Gasteiger charge is 2.43. The van der Waals surface area contributed by atoms with Crippen LogP contribution in [0, 0.1) is 29.0 Å². The predicted octanol–water partition coefficient (Wildman–Crippen LogP) is 4.73. The summed E-state index contributed by atoms with van der Waals surface area (Å²) in [7, 11) is 2.14. The van der Waals surface area contributed by atoms with Gasteiger partial charge in [-0.15, -0.1) is 0 Å². The van der Waals surface area contributed by atoms with Crippen LogP contribution in [0.5, 0.6) is 0 Å². The summed E-state index contributed by atoms with van der Waals surface area (Å²) in [5, 5.41) is 13.1. The largest absolute Gasteiger partial charge is 0.365 e. The molecule has 6 rings (SSSR count). The van der Waals surface area contributed by atoms with Crippen LogP contribution in [0.4, 0.5) is 4.39 Å². The Hall–Kier alpha value is -2.59. The minimum atomic E-state index is -0.514. The van der Waals surface area contributed by atoms with Gasteiger partial charge in [-0.1, -0.05) is 24.3 Å². The Kier molecular flexibility index (Phi) is 6.19. The summed E-state index contributed by atoms with van der Waals surface area (Å²) in [4.78, 5) is 15.2. The van der Waals surface area contributed by atoms with Crippen molar-refractivity contribution >= 4 is 5.78 Å². The zero-order valence-corrected chi connectivity index (χ0v) is 20.9.